The lowest BCUT2D eigenvalue weighted by Crippen LogP contribution is -2.46. The van der Waals surface area contributed by atoms with Gasteiger partial charge in [-0.15, -0.1) is 0 Å². The van der Waals surface area contributed by atoms with Gasteiger partial charge < -0.3 is 14.8 Å². The van der Waals surface area contributed by atoms with Crippen molar-refractivity contribution in [1.29, 1.82) is 0 Å². The van der Waals surface area contributed by atoms with Crippen molar-refractivity contribution in [2.75, 3.05) is 20.2 Å². The van der Waals surface area contributed by atoms with Gasteiger partial charge in [0.25, 0.3) is 0 Å². The number of likely N-dealkylation sites (tertiary alicyclic amines) is 1. The van der Waals surface area contributed by atoms with E-state index in [9.17, 15) is 9.59 Å². The monoisotopic (exact) mass is 290 g/mol. The van der Waals surface area contributed by atoms with Gasteiger partial charge in [0.1, 0.15) is 12.0 Å². The van der Waals surface area contributed by atoms with Gasteiger partial charge in [0.05, 0.1) is 19.7 Å². The molecule has 1 N–H and O–H groups in total. The number of hydrogen-bond acceptors (Lipinski definition) is 4. The van der Waals surface area contributed by atoms with E-state index < -0.39 is 0 Å². The number of carbonyl (C=O) groups excluding carboxylic acids is 2. The van der Waals surface area contributed by atoms with E-state index in [4.69, 9.17) is 4.74 Å². The maximum atomic E-state index is 12.0. The van der Waals surface area contributed by atoms with Crippen molar-refractivity contribution >= 4 is 12.2 Å². The molecule has 1 fully saturated rings. The molecule has 0 bridgehead atoms. The van der Waals surface area contributed by atoms with Crippen LogP contribution in [0.4, 0.5) is 0 Å². The molecule has 5 heteroatoms. The zero-order valence-corrected chi connectivity index (χ0v) is 12.4. The Morgan fingerprint density at radius 2 is 2.24 bits per heavy atom. The molecule has 1 aliphatic rings. The molecular formula is C16H22N2O3. The van der Waals surface area contributed by atoms with Gasteiger partial charge in [0.15, 0.2) is 0 Å². The van der Waals surface area contributed by atoms with Crippen molar-refractivity contribution in [1.82, 2.24) is 10.2 Å². The fourth-order valence-corrected chi connectivity index (χ4v) is 2.65. The van der Waals surface area contributed by atoms with Crippen LogP contribution in [0.15, 0.2) is 24.3 Å². The molecular weight excluding hydrogens is 268 g/mol. The Labute approximate surface area is 125 Å². The summed E-state index contributed by atoms with van der Waals surface area (Å²) in [5.74, 6) is 0.705. The minimum atomic E-state index is -0.115. The van der Waals surface area contributed by atoms with Crippen LogP contribution in [0.5, 0.6) is 5.75 Å². The highest BCUT2D eigenvalue weighted by atomic mass is 16.5. The lowest BCUT2D eigenvalue weighted by molar-refractivity contribution is -0.124. The van der Waals surface area contributed by atoms with Gasteiger partial charge in [-0.25, -0.2) is 0 Å². The Balaban J connectivity index is 1.85. The van der Waals surface area contributed by atoms with Crippen LogP contribution < -0.4 is 10.1 Å². The molecule has 1 atom stereocenters. The Morgan fingerprint density at radius 1 is 1.43 bits per heavy atom. The molecule has 0 aliphatic carbocycles. The van der Waals surface area contributed by atoms with E-state index in [-0.39, 0.29) is 18.5 Å². The molecule has 1 unspecified atom stereocenters. The first kappa shape index (κ1) is 15.5. The van der Waals surface area contributed by atoms with Crippen LogP contribution in [0.3, 0.4) is 0 Å². The Hall–Kier alpha value is -1.88. The fraction of sp³-hybridized carbons (Fsp3) is 0.500. The molecule has 1 aromatic carbocycles. The largest absolute Gasteiger partial charge is 0.496 e. The number of aldehydes is 1. The smallest absolute Gasteiger partial charge is 0.234 e. The van der Waals surface area contributed by atoms with Gasteiger partial charge in [-0.1, -0.05) is 24.6 Å². The van der Waals surface area contributed by atoms with E-state index in [1.54, 1.807) is 7.11 Å². The van der Waals surface area contributed by atoms with Crippen LogP contribution in [0.1, 0.15) is 24.8 Å². The highest BCUT2D eigenvalue weighted by Crippen LogP contribution is 2.17. The average Bonchev–Trinajstić information content (AvgIpc) is 2.53. The number of methoxy groups -OCH3 is 1. The number of amides is 1. The first-order chi connectivity index (χ1) is 10.2. The van der Waals surface area contributed by atoms with E-state index in [1.807, 2.05) is 29.2 Å². The summed E-state index contributed by atoms with van der Waals surface area (Å²) in [6.45, 7) is 1.52. The second-order valence-corrected chi connectivity index (χ2v) is 5.26. The molecule has 1 aliphatic heterocycles. The number of carbonyl (C=O) groups is 2. The zero-order valence-electron chi connectivity index (χ0n) is 12.4. The second-order valence-electron chi connectivity index (χ2n) is 5.26. The van der Waals surface area contributed by atoms with Gasteiger partial charge in [-0.3, -0.25) is 9.69 Å². The summed E-state index contributed by atoms with van der Waals surface area (Å²) in [6, 6.07) is 7.49. The molecule has 2 rings (SSSR count). The van der Waals surface area contributed by atoms with Crippen LogP contribution in [-0.4, -0.2) is 43.3 Å². The van der Waals surface area contributed by atoms with Crippen molar-refractivity contribution in [2.24, 2.45) is 0 Å². The summed E-state index contributed by atoms with van der Waals surface area (Å²) in [5.41, 5.74) is 0.943. The average molecular weight is 290 g/mol. The van der Waals surface area contributed by atoms with Gasteiger partial charge in [-0.2, -0.15) is 0 Å². The Morgan fingerprint density at radius 3 is 3.00 bits per heavy atom. The highest BCUT2D eigenvalue weighted by Gasteiger charge is 2.23. The highest BCUT2D eigenvalue weighted by molar-refractivity contribution is 5.78. The number of benzene rings is 1. The third-order valence-electron chi connectivity index (χ3n) is 3.84. The molecule has 0 saturated carbocycles. The summed E-state index contributed by atoms with van der Waals surface area (Å²) in [6.07, 6.45) is 3.91. The van der Waals surface area contributed by atoms with Gasteiger partial charge in [-0.05, 0) is 25.5 Å². The SMILES string of the molecule is COc1ccccc1CNC(=O)CN1CCCCC1C=O. The molecule has 0 aromatic heterocycles. The van der Waals surface area contributed by atoms with Crippen LogP contribution in [-0.2, 0) is 16.1 Å². The van der Waals surface area contributed by atoms with Gasteiger partial charge >= 0.3 is 0 Å². The summed E-state index contributed by atoms with van der Waals surface area (Å²) < 4.78 is 5.25. The molecule has 1 amide bonds. The molecule has 114 valence electrons. The lowest BCUT2D eigenvalue weighted by Gasteiger charge is -2.31. The van der Waals surface area contributed by atoms with Crippen molar-refractivity contribution in [3.05, 3.63) is 29.8 Å². The van der Waals surface area contributed by atoms with Gasteiger partial charge in [0, 0.05) is 12.1 Å². The zero-order chi connectivity index (χ0) is 15.1. The molecule has 5 nitrogen and oxygen atoms in total. The number of nitrogens with one attached hydrogen (secondary N) is 1. The first-order valence-corrected chi connectivity index (χ1v) is 7.32. The van der Waals surface area contributed by atoms with E-state index in [0.29, 0.717) is 6.54 Å². The Kier molecular flexibility index (Phi) is 5.75. The first-order valence-electron chi connectivity index (χ1n) is 7.32. The van der Waals surface area contributed by atoms with Crippen molar-refractivity contribution in [3.63, 3.8) is 0 Å². The topological polar surface area (TPSA) is 58.6 Å². The van der Waals surface area contributed by atoms with Crippen LogP contribution in [0.2, 0.25) is 0 Å². The molecule has 1 aromatic rings. The predicted molar refractivity (Wildman–Crippen MR) is 80.1 cm³/mol. The number of nitrogens with zero attached hydrogens (tertiary/aromatic N) is 1. The van der Waals surface area contributed by atoms with Crippen molar-refractivity contribution in [2.45, 2.75) is 31.8 Å². The maximum absolute atomic E-state index is 12.0. The molecule has 0 spiro atoms. The van der Waals surface area contributed by atoms with Crippen LogP contribution in [0.25, 0.3) is 0 Å². The van der Waals surface area contributed by atoms with E-state index in [1.165, 1.54) is 0 Å². The van der Waals surface area contributed by atoms with Crippen LogP contribution in [0, 0.1) is 0 Å². The van der Waals surface area contributed by atoms with Crippen molar-refractivity contribution < 1.29 is 14.3 Å². The summed E-state index contributed by atoms with van der Waals surface area (Å²) >= 11 is 0. The standard InChI is InChI=1S/C16H22N2O3/c1-21-15-8-3-2-6-13(15)10-17-16(20)11-18-9-5-4-7-14(18)12-19/h2-3,6,8,12,14H,4-5,7,9-11H2,1H3,(H,17,20). The predicted octanol–water partition coefficient (Wildman–Crippen LogP) is 1.36. The Bertz CT molecular complexity index is 490. The number of para-hydroxylation sites is 1. The summed E-state index contributed by atoms with van der Waals surface area (Å²) in [5, 5.41) is 2.89. The van der Waals surface area contributed by atoms with E-state index >= 15 is 0 Å². The summed E-state index contributed by atoms with van der Waals surface area (Å²) in [7, 11) is 1.61. The van der Waals surface area contributed by atoms with E-state index in [2.05, 4.69) is 5.32 Å². The summed E-state index contributed by atoms with van der Waals surface area (Å²) in [4.78, 5) is 25.0. The van der Waals surface area contributed by atoms with E-state index in [0.717, 1.165) is 43.4 Å². The normalized spacial score (nSPS) is 19.0. The molecule has 0 radical (unpaired) electrons. The number of rotatable bonds is 6. The minimum Gasteiger partial charge on any atom is -0.496 e. The lowest BCUT2D eigenvalue weighted by atomic mass is 10.0. The van der Waals surface area contributed by atoms with Crippen molar-refractivity contribution in [3.8, 4) is 5.75 Å². The minimum absolute atomic E-state index is 0.0605. The fourth-order valence-electron chi connectivity index (χ4n) is 2.65. The molecule has 1 heterocycles. The third-order valence-corrected chi connectivity index (χ3v) is 3.84. The quantitative estimate of drug-likeness (QED) is 0.804. The molecule has 1 saturated heterocycles. The second kappa shape index (κ2) is 7.78. The maximum Gasteiger partial charge on any atom is 0.234 e. The third kappa shape index (κ3) is 4.29. The number of hydrogen-bond donors (Lipinski definition) is 1. The molecule has 21 heavy (non-hydrogen) atoms. The van der Waals surface area contributed by atoms with Gasteiger partial charge in [0.2, 0.25) is 5.91 Å². The van der Waals surface area contributed by atoms with Crippen LogP contribution >= 0.6 is 0 Å². The number of piperidine rings is 1. The number of ether oxygens (including phenoxy) is 1.